The van der Waals surface area contributed by atoms with E-state index in [1.54, 1.807) is 12.1 Å². The van der Waals surface area contributed by atoms with Crippen molar-refractivity contribution in [3.8, 4) is 0 Å². The van der Waals surface area contributed by atoms with Gasteiger partial charge >= 0.3 is 5.97 Å². The second kappa shape index (κ2) is 7.52. The Morgan fingerprint density at radius 2 is 1.85 bits per heavy atom. The highest BCUT2D eigenvalue weighted by Crippen LogP contribution is 2.24. The van der Waals surface area contributed by atoms with Gasteiger partial charge in [0, 0.05) is 13.5 Å². The van der Waals surface area contributed by atoms with Gasteiger partial charge in [0.1, 0.15) is 0 Å². The molecule has 3 rings (SSSR count). The second-order valence-corrected chi connectivity index (χ2v) is 8.56. The van der Waals surface area contributed by atoms with Crippen LogP contribution in [0.25, 0.3) is 0 Å². The number of benzene rings is 2. The Labute approximate surface area is 158 Å². The monoisotopic (exact) mass is 387 g/mol. The highest BCUT2D eigenvalue weighted by molar-refractivity contribution is 7.92. The lowest BCUT2D eigenvalue weighted by atomic mass is 10.2. The summed E-state index contributed by atoms with van der Waals surface area (Å²) in [6, 6.07) is 12.8. The van der Waals surface area contributed by atoms with Gasteiger partial charge in [-0.25, -0.2) is 13.2 Å². The number of rotatable bonds is 5. The van der Waals surface area contributed by atoms with Crippen LogP contribution in [0.2, 0.25) is 0 Å². The molecular formula is C20H21NO5S. The topological polar surface area (TPSA) is 80.8 Å². The summed E-state index contributed by atoms with van der Waals surface area (Å²) in [5, 5.41) is 0. The van der Waals surface area contributed by atoms with E-state index >= 15 is 0 Å². The lowest BCUT2D eigenvalue weighted by Crippen LogP contribution is -2.27. The molecule has 1 aliphatic rings. The van der Waals surface area contributed by atoms with E-state index in [0.29, 0.717) is 24.9 Å². The number of ketones is 1. The first-order chi connectivity index (χ1) is 12.8. The van der Waals surface area contributed by atoms with E-state index in [9.17, 15) is 18.0 Å². The minimum atomic E-state index is -3.84. The summed E-state index contributed by atoms with van der Waals surface area (Å²) in [6.07, 6.45) is 0.895. The summed E-state index contributed by atoms with van der Waals surface area (Å²) in [4.78, 5) is 24.0. The molecule has 0 unspecified atom stereocenters. The van der Waals surface area contributed by atoms with Gasteiger partial charge in [0.2, 0.25) is 0 Å². The second-order valence-electron chi connectivity index (χ2n) is 6.59. The molecule has 142 valence electrons. The van der Waals surface area contributed by atoms with E-state index in [-0.39, 0.29) is 16.2 Å². The molecule has 7 heteroatoms. The predicted octanol–water partition coefficient (Wildman–Crippen LogP) is 3.10. The van der Waals surface area contributed by atoms with E-state index < -0.39 is 22.1 Å². The van der Waals surface area contributed by atoms with Crippen LogP contribution < -0.4 is 4.31 Å². The fourth-order valence-electron chi connectivity index (χ4n) is 2.94. The Hall–Kier alpha value is -2.67. The van der Waals surface area contributed by atoms with E-state index in [1.807, 2.05) is 19.1 Å². The number of nitrogens with zero attached hydrogens (tertiary/aromatic N) is 1. The van der Waals surface area contributed by atoms with Crippen molar-refractivity contribution in [2.75, 3.05) is 11.4 Å². The quantitative estimate of drug-likeness (QED) is 0.737. The normalized spacial score (nSPS) is 17.0. The number of hydrogen-bond acceptors (Lipinski definition) is 5. The molecule has 0 bridgehead atoms. The molecule has 2 aromatic rings. The maximum atomic E-state index is 12.9. The van der Waals surface area contributed by atoms with Gasteiger partial charge in [0.15, 0.2) is 11.9 Å². The van der Waals surface area contributed by atoms with Crippen molar-refractivity contribution >= 4 is 27.5 Å². The third-order valence-corrected chi connectivity index (χ3v) is 6.41. The van der Waals surface area contributed by atoms with Crippen molar-refractivity contribution in [1.82, 2.24) is 0 Å². The highest BCUT2D eigenvalue weighted by Gasteiger charge is 2.29. The Balaban J connectivity index is 1.84. The van der Waals surface area contributed by atoms with E-state index in [2.05, 4.69) is 0 Å². The fourth-order valence-corrected chi connectivity index (χ4v) is 4.18. The van der Waals surface area contributed by atoms with Gasteiger partial charge in [-0.3, -0.25) is 9.10 Å². The summed E-state index contributed by atoms with van der Waals surface area (Å²) in [6.45, 7) is 1.92. The van der Waals surface area contributed by atoms with Crippen molar-refractivity contribution in [3.63, 3.8) is 0 Å². The molecule has 0 spiro atoms. The zero-order valence-corrected chi connectivity index (χ0v) is 16.0. The van der Waals surface area contributed by atoms with Crippen molar-refractivity contribution in [2.24, 2.45) is 0 Å². The average molecular weight is 387 g/mol. The largest absolute Gasteiger partial charge is 0.451 e. The zero-order chi connectivity index (χ0) is 19.6. The molecule has 27 heavy (non-hydrogen) atoms. The van der Waals surface area contributed by atoms with Crippen molar-refractivity contribution in [1.29, 1.82) is 0 Å². The average Bonchev–Trinajstić information content (AvgIpc) is 3.06. The van der Waals surface area contributed by atoms with Crippen LogP contribution in [0.3, 0.4) is 0 Å². The number of anilines is 1. The first-order valence-corrected chi connectivity index (χ1v) is 10.1. The standard InChI is InChI=1S/C20H21NO5S/c1-14-9-11-16(12-10-14)21(2)27(24,25)17-6-3-5-15(13-17)20(23)26-19-8-4-7-18(19)22/h3,5-6,9-13,19H,4,7-8H2,1-2H3/t19-/m0/s1. The Morgan fingerprint density at radius 3 is 2.48 bits per heavy atom. The number of ether oxygens (including phenoxy) is 1. The van der Waals surface area contributed by atoms with Gasteiger partial charge in [-0.05, 0) is 50.1 Å². The Bertz CT molecular complexity index is 966. The van der Waals surface area contributed by atoms with Gasteiger partial charge in [-0.2, -0.15) is 0 Å². The maximum Gasteiger partial charge on any atom is 0.338 e. The van der Waals surface area contributed by atoms with Gasteiger partial charge in [0.05, 0.1) is 16.1 Å². The maximum absolute atomic E-state index is 12.9. The Kier molecular flexibility index (Phi) is 5.32. The summed E-state index contributed by atoms with van der Waals surface area (Å²) >= 11 is 0. The van der Waals surface area contributed by atoms with Crippen molar-refractivity contribution in [3.05, 3.63) is 59.7 Å². The molecular weight excluding hydrogens is 366 g/mol. The van der Waals surface area contributed by atoms with E-state index in [4.69, 9.17) is 4.74 Å². The van der Waals surface area contributed by atoms with Crippen molar-refractivity contribution in [2.45, 2.75) is 37.2 Å². The SMILES string of the molecule is Cc1ccc(N(C)S(=O)(=O)c2cccc(C(=O)O[C@H]3CCCC3=O)c2)cc1. The van der Waals surface area contributed by atoms with Crippen LogP contribution in [-0.4, -0.2) is 33.3 Å². The number of aryl methyl sites for hydroxylation is 1. The Morgan fingerprint density at radius 1 is 1.15 bits per heavy atom. The molecule has 1 fully saturated rings. The molecule has 0 saturated heterocycles. The van der Waals surface area contributed by atoms with Crippen LogP contribution in [0.4, 0.5) is 5.69 Å². The fraction of sp³-hybridized carbons (Fsp3) is 0.300. The van der Waals surface area contributed by atoms with Gasteiger partial charge in [-0.15, -0.1) is 0 Å². The number of carbonyl (C=O) groups is 2. The van der Waals surface area contributed by atoms with E-state index in [0.717, 1.165) is 9.87 Å². The van der Waals surface area contributed by atoms with Crippen LogP contribution in [-0.2, 0) is 19.6 Å². The summed E-state index contributed by atoms with van der Waals surface area (Å²) < 4.78 is 32.2. The molecule has 0 heterocycles. The smallest absolute Gasteiger partial charge is 0.338 e. The first kappa shape index (κ1) is 19.1. The van der Waals surface area contributed by atoms with Gasteiger partial charge in [-0.1, -0.05) is 23.8 Å². The molecule has 2 aromatic carbocycles. The third kappa shape index (κ3) is 4.03. The van der Waals surface area contributed by atoms with Crippen LogP contribution in [0.15, 0.2) is 53.4 Å². The molecule has 0 amide bonds. The van der Waals surface area contributed by atoms with Crippen LogP contribution in [0.1, 0.15) is 35.2 Å². The first-order valence-electron chi connectivity index (χ1n) is 8.68. The van der Waals surface area contributed by atoms with Gasteiger partial charge in [0.25, 0.3) is 10.0 Å². The zero-order valence-electron chi connectivity index (χ0n) is 15.2. The van der Waals surface area contributed by atoms with Crippen LogP contribution in [0.5, 0.6) is 0 Å². The summed E-state index contributed by atoms with van der Waals surface area (Å²) in [5.74, 6) is -0.781. The van der Waals surface area contributed by atoms with Gasteiger partial charge < -0.3 is 4.74 Å². The summed E-state index contributed by atoms with van der Waals surface area (Å²) in [7, 11) is -2.38. The van der Waals surface area contributed by atoms with E-state index in [1.165, 1.54) is 31.3 Å². The minimum absolute atomic E-state index is 0.0160. The molecule has 1 atom stereocenters. The third-order valence-electron chi connectivity index (χ3n) is 4.62. The lowest BCUT2D eigenvalue weighted by Gasteiger charge is -2.20. The number of esters is 1. The van der Waals surface area contributed by atoms with Crippen LogP contribution in [0, 0.1) is 6.92 Å². The molecule has 0 aromatic heterocycles. The number of sulfonamides is 1. The summed E-state index contributed by atoms with van der Waals surface area (Å²) in [5.41, 5.74) is 1.65. The lowest BCUT2D eigenvalue weighted by molar-refractivity contribution is -0.124. The number of Topliss-reactive ketones (excluding diaryl/α,β-unsaturated/α-hetero) is 1. The predicted molar refractivity (Wildman–Crippen MR) is 101 cm³/mol. The molecule has 6 nitrogen and oxygen atoms in total. The number of carbonyl (C=O) groups excluding carboxylic acids is 2. The van der Waals surface area contributed by atoms with Crippen molar-refractivity contribution < 1.29 is 22.7 Å². The highest BCUT2D eigenvalue weighted by atomic mass is 32.2. The minimum Gasteiger partial charge on any atom is -0.451 e. The molecule has 0 aliphatic heterocycles. The molecule has 1 saturated carbocycles. The molecule has 0 N–H and O–H groups in total. The van der Waals surface area contributed by atoms with Crippen LogP contribution >= 0.6 is 0 Å². The molecule has 1 aliphatic carbocycles. The number of hydrogen-bond donors (Lipinski definition) is 0. The molecule has 0 radical (unpaired) electrons.